The zero-order chi connectivity index (χ0) is 59.0. The summed E-state index contributed by atoms with van der Waals surface area (Å²) in [5.41, 5.74) is 14.3. The third-order valence-corrected chi connectivity index (χ3v) is 21.4. The SMILES string of the molecule is c1cc(-c2nccc(-c3cccc4c3sc3ccccc34)n2)cc(-n2c3ccccc3c3cc4c(cc32)sc2ccccc24)c1.c1ccc(-n2c3ccccc3c3cc(-c4ccnc(-n5c6ccccc6c6cc7c(cc65)sc5ccccc57)n4)ccc32)cc1. The van der Waals surface area contributed by atoms with E-state index < -0.39 is 0 Å². The van der Waals surface area contributed by atoms with Gasteiger partial charge in [-0.15, -0.1) is 34.0 Å². The molecule has 0 amide bonds. The van der Waals surface area contributed by atoms with Gasteiger partial charge in [-0.25, -0.2) is 19.9 Å². The Hall–Kier alpha value is -11.1. The van der Waals surface area contributed by atoms with Crippen molar-refractivity contribution in [1.82, 2.24) is 33.6 Å². The molecule has 0 N–H and O–H groups in total. The molecule has 20 rings (SSSR count). The number of benzene rings is 12. The number of fused-ring (bicyclic) bond motifs is 18. The Kier molecular flexibility index (Phi) is 11.4. The van der Waals surface area contributed by atoms with E-state index in [9.17, 15) is 0 Å². The number of para-hydroxylation sites is 4. The topological polar surface area (TPSA) is 66.3 Å². The highest BCUT2D eigenvalue weighted by Gasteiger charge is 2.21. The van der Waals surface area contributed by atoms with Crippen molar-refractivity contribution >= 4 is 160 Å². The normalized spacial score (nSPS) is 12.0. The Bertz CT molecular complexity index is 6320. The Morgan fingerprint density at radius 2 is 0.744 bits per heavy atom. The van der Waals surface area contributed by atoms with Crippen LogP contribution in [0.25, 0.3) is 177 Å². The van der Waals surface area contributed by atoms with E-state index in [4.69, 9.17) is 19.9 Å². The molecule has 8 heterocycles. The fourth-order valence-corrected chi connectivity index (χ4v) is 17.3. The molecule has 0 atom stereocenters. The van der Waals surface area contributed by atoms with Gasteiger partial charge in [-0.1, -0.05) is 164 Å². The highest BCUT2D eigenvalue weighted by Crippen LogP contribution is 2.45. The Balaban J connectivity index is 0.000000130. The molecule has 0 saturated carbocycles. The van der Waals surface area contributed by atoms with Crippen LogP contribution in [0.5, 0.6) is 0 Å². The molecular formula is C80H47N7S3. The zero-order valence-electron chi connectivity index (χ0n) is 48.0. The third-order valence-electron chi connectivity index (χ3n) is 17.9. The van der Waals surface area contributed by atoms with Crippen LogP contribution in [0.4, 0.5) is 0 Å². The Morgan fingerprint density at radius 3 is 1.41 bits per heavy atom. The van der Waals surface area contributed by atoms with Gasteiger partial charge in [0.1, 0.15) is 0 Å². The molecule has 0 radical (unpaired) electrons. The lowest BCUT2D eigenvalue weighted by atomic mass is 10.1. The lowest BCUT2D eigenvalue weighted by molar-refractivity contribution is 0.993. The largest absolute Gasteiger partial charge is 0.309 e. The second-order valence-corrected chi connectivity index (χ2v) is 26.1. The van der Waals surface area contributed by atoms with Crippen LogP contribution in [0.3, 0.4) is 0 Å². The predicted octanol–water partition coefficient (Wildman–Crippen LogP) is 22.3. The fraction of sp³-hybridized carbons (Fsp3) is 0. The van der Waals surface area contributed by atoms with Crippen LogP contribution in [0, 0.1) is 0 Å². The minimum atomic E-state index is 0.672. The molecule has 0 bridgehead atoms. The average Bonchev–Trinajstić information content (AvgIpc) is 1.68. The van der Waals surface area contributed by atoms with Gasteiger partial charge in [0.2, 0.25) is 5.95 Å². The first kappa shape index (κ1) is 51.0. The van der Waals surface area contributed by atoms with Crippen LogP contribution in [0.2, 0.25) is 0 Å². The van der Waals surface area contributed by atoms with Crippen molar-refractivity contribution in [1.29, 1.82) is 0 Å². The van der Waals surface area contributed by atoms with Crippen molar-refractivity contribution in [2.45, 2.75) is 0 Å². The molecule has 0 aliphatic heterocycles. The molecule has 8 aromatic heterocycles. The van der Waals surface area contributed by atoms with Gasteiger partial charge in [-0.2, -0.15) is 0 Å². The standard InChI is InChI=1S/C40H24N4S.C40H23N3S2/c1-2-10-26(11-3-1)43-34-15-7-4-12-27(34)30-22-25(18-19-36(30)43)33-20-21-41-40(42-33)44-35-16-8-5-13-28(35)31-23-32-29-14-6-9-17-38(29)45-39(32)24-37(31)44;1-4-16-34-26(11-1)31-22-32-28-13-3-5-17-36(28)44-38(32)23-35(31)43(34)25-10-7-9-24(21-25)40-41-20-19-33(42-40)30-15-8-14-29-27-12-2-6-18-37(27)45-39(29)30/h1-24H;1-23H. The summed E-state index contributed by atoms with van der Waals surface area (Å²) in [6.45, 7) is 0. The second-order valence-electron chi connectivity index (χ2n) is 22.9. The van der Waals surface area contributed by atoms with Gasteiger partial charge < -0.3 is 9.13 Å². The summed E-state index contributed by atoms with van der Waals surface area (Å²) in [5, 5.41) is 15.2. The molecule has 0 unspecified atom stereocenters. The van der Waals surface area contributed by atoms with Crippen molar-refractivity contribution in [3.05, 3.63) is 285 Å². The first-order chi connectivity index (χ1) is 44.6. The van der Waals surface area contributed by atoms with Gasteiger partial charge in [0, 0.05) is 133 Å². The van der Waals surface area contributed by atoms with Gasteiger partial charge in [0.15, 0.2) is 5.82 Å². The van der Waals surface area contributed by atoms with E-state index in [-0.39, 0.29) is 0 Å². The molecule has 0 aliphatic carbocycles. The summed E-state index contributed by atoms with van der Waals surface area (Å²) in [6.07, 6.45) is 3.77. The molecule has 0 aliphatic rings. The number of thiophene rings is 3. The van der Waals surface area contributed by atoms with Crippen molar-refractivity contribution in [2.75, 3.05) is 0 Å². The number of aromatic nitrogens is 7. The van der Waals surface area contributed by atoms with E-state index in [0.717, 1.165) is 56.3 Å². The third kappa shape index (κ3) is 7.95. The van der Waals surface area contributed by atoms with Crippen LogP contribution in [0.1, 0.15) is 0 Å². The Morgan fingerprint density at radius 1 is 0.256 bits per heavy atom. The average molecular weight is 1200 g/mol. The highest BCUT2D eigenvalue weighted by molar-refractivity contribution is 7.27. The molecule has 20 aromatic rings. The first-order valence-corrected chi connectivity index (χ1v) is 32.5. The van der Waals surface area contributed by atoms with E-state index in [1.807, 2.05) is 58.5 Å². The summed E-state index contributed by atoms with van der Waals surface area (Å²) in [4.78, 5) is 19.9. The number of nitrogens with zero attached hydrogens (tertiary/aromatic N) is 7. The van der Waals surface area contributed by atoms with Crippen LogP contribution < -0.4 is 0 Å². The predicted molar refractivity (Wildman–Crippen MR) is 382 cm³/mol. The van der Waals surface area contributed by atoms with Gasteiger partial charge in [-0.3, -0.25) is 4.57 Å². The van der Waals surface area contributed by atoms with Gasteiger partial charge in [0.25, 0.3) is 0 Å². The maximum atomic E-state index is 5.21. The molecule has 0 spiro atoms. The van der Waals surface area contributed by atoms with Crippen LogP contribution in [-0.4, -0.2) is 33.6 Å². The van der Waals surface area contributed by atoms with E-state index in [1.165, 1.54) is 115 Å². The fourth-order valence-electron chi connectivity index (χ4n) is 13.9. The van der Waals surface area contributed by atoms with E-state index in [0.29, 0.717) is 5.95 Å². The van der Waals surface area contributed by atoms with E-state index in [1.54, 1.807) is 0 Å². The number of hydrogen-bond donors (Lipinski definition) is 0. The van der Waals surface area contributed by atoms with Crippen molar-refractivity contribution in [2.24, 2.45) is 0 Å². The van der Waals surface area contributed by atoms with E-state index >= 15 is 0 Å². The molecule has 0 fully saturated rings. The Labute approximate surface area is 526 Å². The molecule has 7 nitrogen and oxygen atoms in total. The zero-order valence-corrected chi connectivity index (χ0v) is 50.4. The second kappa shape index (κ2) is 20.2. The van der Waals surface area contributed by atoms with E-state index in [2.05, 4.69) is 275 Å². The van der Waals surface area contributed by atoms with Crippen LogP contribution in [-0.2, 0) is 0 Å². The minimum absolute atomic E-state index is 0.672. The number of hydrogen-bond acceptors (Lipinski definition) is 7. The minimum Gasteiger partial charge on any atom is -0.309 e. The lowest BCUT2D eigenvalue weighted by Gasteiger charge is -2.10. The van der Waals surface area contributed by atoms with Crippen LogP contribution in [0.15, 0.2) is 285 Å². The molecule has 0 saturated heterocycles. The summed E-state index contributed by atoms with van der Waals surface area (Å²) >= 11 is 5.52. The van der Waals surface area contributed by atoms with Gasteiger partial charge in [0.05, 0.1) is 44.5 Å². The highest BCUT2D eigenvalue weighted by atomic mass is 32.1. The first-order valence-electron chi connectivity index (χ1n) is 30.1. The maximum Gasteiger partial charge on any atom is 0.235 e. The molecule has 90 heavy (non-hydrogen) atoms. The molecule has 420 valence electrons. The summed E-state index contributed by atoms with van der Waals surface area (Å²) in [5.74, 6) is 1.39. The van der Waals surface area contributed by atoms with Crippen LogP contribution >= 0.6 is 34.0 Å². The smallest absolute Gasteiger partial charge is 0.235 e. The van der Waals surface area contributed by atoms with Gasteiger partial charge >= 0.3 is 0 Å². The maximum absolute atomic E-state index is 5.21. The van der Waals surface area contributed by atoms with Crippen molar-refractivity contribution in [3.63, 3.8) is 0 Å². The van der Waals surface area contributed by atoms with Crippen molar-refractivity contribution < 1.29 is 0 Å². The lowest BCUT2D eigenvalue weighted by Crippen LogP contribution is -2.01. The number of rotatable bonds is 6. The summed E-state index contributed by atoms with van der Waals surface area (Å²) in [6, 6.07) is 97.7. The summed E-state index contributed by atoms with van der Waals surface area (Å²) in [7, 11) is 0. The van der Waals surface area contributed by atoms with Crippen molar-refractivity contribution in [3.8, 4) is 51.2 Å². The monoisotopic (exact) mass is 1200 g/mol. The molecular weight excluding hydrogens is 1160 g/mol. The van der Waals surface area contributed by atoms with Gasteiger partial charge in [-0.05, 0) is 109 Å². The quantitative estimate of drug-likeness (QED) is 0.166. The summed E-state index contributed by atoms with van der Waals surface area (Å²) < 4.78 is 14.7. The molecule has 12 aromatic carbocycles. The molecule has 10 heteroatoms.